The van der Waals surface area contributed by atoms with Gasteiger partial charge in [0.2, 0.25) is 5.91 Å². The number of hydrogen-bond acceptors (Lipinski definition) is 5. The van der Waals surface area contributed by atoms with Crippen LogP contribution in [-0.2, 0) is 14.3 Å². The van der Waals surface area contributed by atoms with Crippen LogP contribution >= 0.6 is 0 Å². The second-order valence-corrected chi connectivity index (χ2v) is 5.41. The average Bonchev–Trinajstić information content (AvgIpc) is 2.98. The third kappa shape index (κ3) is 3.67. The molecule has 0 bridgehead atoms. The lowest BCUT2D eigenvalue weighted by Crippen LogP contribution is -2.45. The molecule has 2 fully saturated rings. The van der Waals surface area contributed by atoms with E-state index in [9.17, 15) is 14.7 Å². The standard InChI is InChI=1S/C13H22N2O4/c1-19-13(18)11-6-10(16)7-15(11)8-12(17)14-9-4-2-3-5-9/h9-11,16H,2-8H2,1H3,(H,14,17). The summed E-state index contributed by atoms with van der Waals surface area (Å²) in [5.41, 5.74) is 0. The second-order valence-electron chi connectivity index (χ2n) is 5.41. The number of carbonyl (C=O) groups is 2. The first kappa shape index (κ1) is 14.3. The Labute approximate surface area is 113 Å². The summed E-state index contributed by atoms with van der Waals surface area (Å²) in [6.45, 7) is 0.491. The Morgan fingerprint density at radius 3 is 2.68 bits per heavy atom. The molecule has 6 nitrogen and oxygen atoms in total. The molecule has 0 radical (unpaired) electrons. The molecule has 1 saturated carbocycles. The van der Waals surface area contributed by atoms with Crippen LogP contribution in [0.4, 0.5) is 0 Å². The van der Waals surface area contributed by atoms with E-state index >= 15 is 0 Å². The predicted octanol–water partition coefficient (Wildman–Crippen LogP) is -0.347. The van der Waals surface area contributed by atoms with E-state index in [1.54, 1.807) is 4.90 Å². The van der Waals surface area contributed by atoms with Gasteiger partial charge in [0.15, 0.2) is 0 Å². The minimum absolute atomic E-state index is 0.0742. The third-order valence-corrected chi connectivity index (χ3v) is 3.92. The maximum Gasteiger partial charge on any atom is 0.323 e. The van der Waals surface area contributed by atoms with Crippen LogP contribution < -0.4 is 5.32 Å². The Balaban J connectivity index is 1.85. The zero-order valence-corrected chi connectivity index (χ0v) is 11.3. The van der Waals surface area contributed by atoms with Crippen LogP contribution in [0.5, 0.6) is 0 Å². The molecule has 1 amide bonds. The Bertz CT molecular complexity index is 342. The molecule has 6 heteroatoms. The summed E-state index contributed by atoms with van der Waals surface area (Å²) in [6, 6.07) is -0.231. The summed E-state index contributed by atoms with van der Waals surface area (Å²) >= 11 is 0. The molecule has 2 rings (SSSR count). The Morgan fingerprint density at radius 1 is 1.37 bits per heavy atom. The average molecular weight is 270 g/mol. The number of rotatable bonds is 4. The topological polar surface area (TPSA) is 78.9 Å². The van der Waals surface area contributed by atoms with Crippen molar-refractivity contribution in [2.75, 3.05) is 20.2 Å². The Morgan fingerprint density at radius 2 is 2.05 bits per heavy atom. The molecule has 1 aliphatic carbocycles. The maximum atomic E-state index is 11.9. The molecule has 1 saturated heterocycles. The predicted molar refractivity (Wildman–Crippen MR) is 68.4 cm³/mol. The normalized spacial score (nSPS) is 28.5. The summed E-state index contributed by atoms with van der Waals surface area (Å²) in [4.78, 5) is 25.2. The molecule has 19 heavy (non-hydrogen) atoms. The van der Waals surface area contributed by atoms with Gasteiger partial charge in [0.25, 0.3) is 0 Å². The summed E-state index contributed by atoms with van der Waals surface area (Å²) in [5, 5.41) is 12.6. The van der Waals surface area contributed by atoms with Crippen LogP contribution in [0.3, 0.4) is 0 Å². The van der Waals surface area contributed by atoms with Crippen molar-refractivity contribution in [3.05, 3.63) is 0 Å². The number of carbonyl (C=O) groups excluding carboxylic acids is 2. The number of esters is 1. The van der Waals surface area contributed by atoms with Gasteiger partial charge in [-0.05, 0) is 12.8 Å². The number of ether oxygens (including phenoxy) is 1. The molecule has 2 atom stereocenters. The van der Waals surface area contributed by atoms with Crippen LogP contribution in [-0.4, -0.2) is 60.3 Å². The van der Waals surface area contributed by atoms with E-state index in [4.69, 9.17) is 4.74 Å². The number of nitrogens with one attached hydrogen (secondary N) is 1. The van der Waals surface area contributed by atoms with Crippen LogP contribution in [0, 0.1) is 0 Å². The van der Waals surface area contributed by atoms with Crippen molar-refractivity contribution in [2.45, 2.75) is 50.3 Å². The lowest BCUT2D eigenvalue weighted by Gasteiger charge is -2.22. The maximum absolute atomic E-state index is 11.9. The van der Waals surface area contributed by atoms with Crippen molar-refractivity contribution < 1.29 is 19.4 Å². The molecule has 2 N–H and O–H groups in total. The quantitative estimate of drug-likeness (QED) is 0.683. The second kappa shape index (κ2) is 6.34. The van der Waals surface area contributed by atoms with Gasteiger partial charge in [0.05, 0.1) is 19.8 Å². The highest BCUT2D eigenvalue weighted by Gasteiger charge is 2.37. The van der Waals surface area contributed by atoms with E-state index in [-0.39, 0.29) is 24.5 Å². The number of aliphatic hydroxyl groups is 1. The van der Waals surface area contributed by atoms with Crippen molar-refractivity contribution in [2.24, 2.45) is 0 Å². The molecular weight excluding hydrogens is 248 g/mol. The van der Waals surface area contributed by atoms with E-state index in [2.05, 4.69) is 5.32 Å². The fraction of sp³-hybridized carbons (Fsp3) is 0.846. The number of methoxy groups -OCH3 is 1. The number of likely N-dealkylation sites (tertiary alicyclic amines) is 1. The zero-order chi connectivity index (χ0) is 13.8. The van der Waals surface area contributed by atoms with Gasteiger partial charge in [0, 0.05) is 19.0 Å². The first-order valence-electron chi connectivity index (χ1n) is 6.89. The summed E-state index contributed by atoms with van der Waals surface area (Å²) < 4.78 is 4.70. The molecule has 0 spiro atoms. The van der Waals surface area contributed by atoms with E-state index in [1.807, 2.05) is 0 Å². The van der Waals surface area contributed by atoms with Gasteiger partial charge in [-0.25, -0.2) is 0 Å². The Hall–Kier alpha value is -1.14. The highest BCUT2D eigenvalue weighted by Crippen LogP contribution is 2.20. The highest BCUT2D eigenvalue weighted by atomic mass is 16.5. The minimum Gasteiger partial charge on any atom is -0.468 e. The highest BCUT2D eigenvalue weighted by molar-refractivity contribution is 5.81. The summed E-state index contributed by atoms with van der Waals surface area (Å²) in [5.74, 6) is -0.458. The Kier molecular flexibility index (Phi) is 4.76. The fourth-order valence-electron chi connectivity index (χ4n) is 2.96. The SMILES string of the molecule is COC(=O)C1CC(O)CN1CC(=O)NC1CCCC1. The van der Waals surface area contributed by atoms with Gasteiger partial charge in [-0.2, -0.15) is 0 Å². The summed E-state index contributed by atoms with van der Waals surface area (Å²) in [7, 11) is 1.32. The third-order valence-electron chi connectivity index (χ3n) is 3.92. The molecule has 2 aliphatic rings. The van der Waals surface area contributed by atoms with Crippen LogP contribution in [0.1, 0.15) is 32.1 Å². The van der Waals surface area contributed by atoms with Gasteiger partial charge >= 0.3 is 5.97 Å². The van der Waals surface area contributed by atoms with E-state index in [0.717, 1.165) is 25.7 Å². The van der Waals surface area contributed by atoms with Crippen molar-refractivity contribution in [3.8, 4) is 0 Å². The minimum atomic E-state index is -0.566. The van der Waals surface area contributed by atoms with Gasteiger partial charge in [0.1, 0.15) is 6.04 Å². The molecule has 2 unspecified atom stereocenters. The van der Waals surface area contributed by atoms with Crippen LogP contribution in [0.2, 0.25) is 0 Å². The smallest absolute Gasteiger partial charge is 0.323 e. The van der Waals surface area contributed by atoms with Crippen LogP contribution in [0.25, 0.3) is 0 Å². The van der Waals surface area contributed by atoms with E-state index < -0.39 is 12.1 Å². The van der Waals surface area contributed by atoms with Gasteiger partial charge < -0.3 is 15.2 Å². The van der Waals surface area contributed by atoms with Gasteiger partial charge in [-0.3, -0.25) is 14.5 Å². The zero-order valence-electron chi connectivity index (χ0n) is 11.3. The largest absolute Gasteiger partial charge is 0.468 e. The fourth-order valence-corrected chi connectivity index (χ4v) is 2.96. The van der Waals surface area contributed by atoms with Crippen molar-refractivity contribution in [3.63, 3.8) is 0 Å². The monoisotopic (exact) mass is 270 g/mol. The molecule has 108 valence electrons. The first-order valence-corrected chi connectivity index (χ1v) is 6.89. The van der Waals surface area contributed by atoms with Crippen molar-refractivity contribution in [1.29, 1.82) is 0 Å². The van der Waals surface area contributed by atoms with Crippen molar-refractivity contribution in [1.82, 2.24) is 10.2 Å². The van der Waals surface area contributed by atoms with Crippen LogP contribution in [0.15, 0.2) is 0 Å². The van der Waals surface area contributed by atoms with Crippen molar-refractivity contribution >= 4 is 11.9 Å². The number of hydrogen-bond donors (Lipinski definition) is 2. The van der Waals surface area contributed by atoms with E-state index in [1.165, 1.54) is 7.11 Å². The molecule has 0 aromatic rings. The van der Waals surface area contributed by atoms with E-state index in [0.29, 0.717) is 13.0 Å². The lowest BCUT2D eigenvalue weighted by atomic mass is 10.2. The number of amides is 1. The molecular formula is C13H22N2O4. The molecule has 0 aromatic heterocycles. The number of β-amino-alcohol motifs (C(OH)–C–C–N with tert-alkyl or cyclic N) is 1. The number of nitrogens with zero attached hydrogens (tertiary/aromatic N) is 1. The molecule has 1 heterocycles. The van der Waals surface area contributed by atoms with Gasteiger partial charge in [-0.15, -0.1) is 0 Å². The molecule has 1 aliphatic heterocycles. The lowest BCUT2D eigenvalue weighted by molar-refractivity contribution is -0.146. The van der Waals surface area contributed by atoms with Gasteiger partial charge in [-0.1, -0.05) is 12.8 Å². The number of aliphatic hydroxyl groups excluding tert-OH is 1. The first-order chi connectivity index (χ1) is 9.10. The molecule has 0 aromatic carbocycles. The summed E-state index contributed by atoms with van der Waals surface area (Å²) in [6.07, 6.45) is 4.17.